The molecule has 0 aliphatic rings. The summed E-state index contributed by atoms with van der Waals surface area (Å²) in [5, 5.41) is 8.70. The molecular formula is C12H14O. The van der Waals surface area contributed by atoms with Crippen molar-refractivity contribution in [2.75, 3.05) is 6.61 Å². The summed E-state index contributed by atoms with van der Waals surface area (Å²) in [6.07, 6.45) is 1.61. The molecule has 0 saturated carbocycles. The Bertz CT molecular complexity index is 294. The highest BCUT2D eigenvalue weighted by atomic mass is 16.2. The molecule has 1 N–H and O–H groups in total. The highest BCUT2D eigenvalue weighted by molar-refractivity contribution is 5.64. The Morgan fingerprint density at radius 3 is 2.54 bits per heavy atom. The van der Waals surface area contributed by atoms with E-state index in [9.17, 15) is 0 Å². The van der Waals surface area contributed by atoms with Crippen LogP contribution in [0.4, 0.5) is 0 Å². The lowest BCUT2D eigenvalue weighted by atomic mass is 10.0. The monoisotopic (exact) mass is 174 g/mol. The minimum Gasteiger partial charge on any atom is -0.396 e. The molecule has 0 atom stereocenters. The molecule has 0 aliphatic heterocycles. The first kappa shape index (κ1) is 9.79. The predicted octanol–water partition coefficient (Wildman–Crippen LogP) is 2.63. The highest BCUT2D eigenvalue weighted by Crippen LogP contribution is 2.17. The molecule has 13 heavy (non-hydrogen) atoms. The van der Waals surface area contributed by atoms with E-state index >= 15 is 0 Å². The first-order valence-electron chi connectivity index (χ1n) is 4.43. The Morgan fingerprint density at radius 2 is 2.00 bits per heavy atom. The molecule has 1 nitrogen and oxygen atoms in total. The summed E-state index contributed by atoms with van der Waals surface area (Å²) in [7, 11) is 0. The van der Waals surface area contributed by atoms with Gasteiger partial charge in [-0.05, 0) is 18.4 Å². The van der Waals surface area contributed by atoms with E-state index in [1.165, 1.54) is 0 Å². The molecule has 1 rings (SSSR count). The predicted molar refractivity (Wildman–Crippen MR) is 55.3 cm³/mol. The van der Waals surface area contributed by atoms with E-state index in [-0.39, 0.29) is 6.61 Å². The van der Waals surface area contributed by atoms with Crippen molar-refractivity contribution < 1.29 is 5.11 Å². The van der Waals surface area contributed by atoms with Gasteiger partial charge >= 0.3 is 0 Å². The van der Waals surface area contributed by atoms with Crippen molar-refractivity contribution in [2.24, 2.45) is 0 Å². The normalized spacial score (nSPS) is 9.31. The van der Waals surface area contributed by atoms with Crippen LogP contribution in [-0.4, -0.2) is 11.7 Å². The summed E-state index contributed by atoms with van der Waals surface area (Å²) in [5.41, 5.74) is 5.13. The standard InChI is InChI=1S/C12H14O/c1-2-11(9-6-10-13)12-7-4-3-5-8-12/h3-5,7-8,13H,1,6,9-10H2. The number of allylic oxidation sites excluding steroid dienone is 1. The van der Waals surface area contributed by atoms with Crippen molar-refractivity contribution in [2.45, 2.75) is 12.8 Å². The van der Waals surface area contributed by atoms with E-state index in [0.717, 1.165) is 24.0 Å². The van der Waals surface area contributed by atoms with E-state index in [2.05, 4.69) is 12.3 Å². The van der Waals surface area contributed by atoms with Crippen LogP contribution in [0.1, 0.15) is 18.4 Å². The average molecular weight is 174 g/mol. The van der Waals surface area contributed by atoms with Crippen LogP contribution in [0.15, 0.2) is 42.6 Å². The van der Waals surface area contributed by atoms with E-state index in [1.54, 1.807) is 0 Å². The van der Waals surface area contributed by atoms with Gasteiger partial charge in [0.25, 0.3) is 0 Å². The van der Waals surface area contributed by atoms with E-state index in [0.29, 0.717) is 0 Å². The summed E-state index contributed by atoms with van der Waals surface area (Å²) in [6.45, 7) is 3.87. The topological polar surface area (TPSA) is 20.2 Å². The average Bonchev–Trinajstić information content (AvgIpc) is 2.21. The second-order valence-corrected chi connectivity index (χ2v) is 2.85. The van der Waals surface area contributed by atoms with Gasteiger partial charge in [-0.3, -0.25) is 0 Å². The Labute approximate surface area is 79.0 Å². The molecule has 0 fully saturated rings. The summed E-state index contributed by atoms with van der Waals surface area (Å²) in [6, 6.07) is 10.0. The zero-order valence-electron chi connectivity index (χ0n) is 7.66. The molecule has 0 radical (unpaired) electrons. The van der Waals surface area contributed by atoms with Crippen molar-refractivity contribution in [3.05, 3.63) is 48.2 Å². The van der Waals surface area contributed by atoms with Crippen LogP contribution < -0.4 is 0 Å². The number of aliphatic hydroxyl groups is 1. The third-order valence-electron chi connectivity index (χ3n) is 1.92. The molecule has 0 heterocycles. The summed E-state index contributed by atoms with van der Waals surface area (Å²) in [4.78, 5) is 0. The van der Waals surface area contributed by atoms with Crippen LogP contribution in [0, 0.1) is 0 Å². The Kier molecular flexibility index (Phi) is 4.04. The molecule has 0 bridgehead atoms. The quantitative estimate of drug-likeness (QED) is 0.696. The molecule has 68 valence electrons. The Hall–Kier alpha value is -1.30. The molecule has 0 unspecified atom stereocenters. The molecule has 0 spiro atoms. The van der Waals surface area contributed by atoms with Gasteiger partial charge in [0.2, 0.25) is 0 Å². The summed E-state index contributed by atoms with van der Waals surface area (Å²) >= 11 is 0. The number of rotatable bonds is 4. The minimum atomic E-state index is 0.220. The molecule has 1 heteroatoms. The Balaban J connectivity index is 2.75. The lowest BCUT2D eigenvalue weighted by molar-refractivity contribution is 0.290. The van der Waals surface area contributed by atoms with Crippen LogP contribution in [0.3, 0.4) is 0 Å². The van der Waals surface area contributed by atoms with Gasteiger partial charge in [0.1, 0.15) is 0 Å². The molecule has 0 amide bonds. The van der Waals surface area contributed by atoms with Crippen molar-refractivity contribution >= 4 is 5.57 Å². The third kappa shape index (κ3) is 2.90. The smallest absolute Gasteiger partial charge is 0.0434 e. The van der Waals surface area contributed by atoms with Gasteiger partial charge < -0.3 is 5.11 Å². The molecule has 0 aromatic heterocycles. The van der Waals surface area contributed by atoms with Crippen LogP contribution in [0.25, 0.3) is 5.57 Å². The third-order valence-corrected chi connectivity index (χ3v) is 1.92. The van der Waals surface area contributed by atoms with Gasteiger partial charge in [0, 0.05) is 12.2 Å². The molecule has 1 aromatic carbocycles. The maximum Gasteiger partial charge on any atom is 0.0434 e. The highest BCUT2D eigenvalue weighted by Gasteiger charge is 1.98. The lowest BCUT2D eigenvalue weighted by Crippen LogP contribution is -1.86. The number of aliphatic hydroxyl groups excluding tert-OH is 1. The fourth-order valence-corrected chi connectivity index (χ4v) is 1.23. The van der Waals surface area contributed by atoms with Gasteiger partial charge in [0.15, 0.2) is 0 Å². The molecule has 0 aliphatic carbocycles. The zero-order chi connectivity index (χ0) is 9.52. The maximum absolute atomic E-state index is 8.70. The number of benzene rings is 1. The SMILES string of the molecule is C=C=C(CCCO)c1ccccc1. The Morgan fingerprint density at radius 1 is 1.31 bits per heavy atom. The molecular weight excluding hydrogens is 160 g/mol. The van der Waals surface area contributed by atoms with Gasteiger partial charge in [-0.1, -0.05) is 36.9 Å². The first-order chi connectivity index (χ1) is 6.38. The maximum atomic E-state index is 8.70. The second-order valence-electron chi connectivity index (χ2n) is 2.85. The van der Waals surface area contributed by atoms with E-state index < -0.39 is 0 Å². The van der Waals surface area contributed by atoms with Crippen LogP contribution in [0.2, 0.25) is 0 Å². The van der Waals surface area contributed by atoms with E-state index in [1.807, 2.05) is 30.3 Å². The van der Waals surface area contributed by atoms with Gasteiger partial charge in [-0.2, -0.15) is 0 Å². The van der Waals surface area contributed by atoms with Gasteiger partial charge in [-0.25, -0.2) is 0 Å². The van der Waals surface area contributed by atoms with Crippen LogP contribution in [0.5, 0.6) is 0 Å². The van der Waals surface area contributed by atoms with Gasteiger partial charge in [-0.15, -0.1) is 5.73 Å². The summed E-state index contributed by atoms with van der Waals surface area (Å²) < 4.78 is 0. The fraction of sp³-hybridized carbons (Fsp3) is 0.250. The van der Waals surface area contributed by atoms with Crippen molar-refractivity contribution in [1.29, 1.82) is 0 Å². The first-order valence-corrected chi connectivity index (χ1v) is 4.43. The molecule has 1 aromatic rings. The summed E-state index contributed by atoms with van der Waals surface area (Å²) in [5.74, 6) is 0. The van der Waals surface area contributed by atoms with Crippen LogP contribution in [-0.2, 0) is 0 Å². The van der Waals surface area contributed by atoms with Crippen molar-refractivity contribution in [3.8, 4) is 0 Å². The largest absolute Gasteiger partial charge is 0.396 e. The minimum absolute atomic E-state index is 0.220. The second kappa shape index (κ2) is 5.36. The zero-order valence-corrected chi connectivity index (χ0v) is 7.66. The number of hydrogen-bond acceptors (Lipinski definition) is 1. The van der Waals surface area contributed by atoms with E-state index in [4.69, 9.17) is 5.11 Å². The number of hydrogen-bond donors (Lipinski definition) is 1. The fourth-order valence-electron chi connectivity index (χ4n) is 1.23. The molecule has 0 saturated heterocycles. The van der Waals surface area contributed by atoms with Gasteiger partial charge in [0.05, 0.1) is 0 Å². The van der Waals surface area contributed by atoms with Crippen molar-refractivity contribution in [3.63, 3.8) is 0 Å². The lowest BCUT2D eigenvalue weighted by Gasteiger charge is -2.02. The van der Waals surface area contributed by atoms with Crippen molar-refractivity contribution in [1.82, 2.24) is 0 Å². The van der Waals surface area contributed by atoms with Crippen LogP contribution >= 0.6 is 0 Å².